The average molecular weight is 211 g/mol. The highest BCUT2D eigenvalue weighted by atomic mass is 14.9. The number of unbranched alkanes of at least 4 members (excludes halogenated alkanes) is 2. The lowest BCUT2D eigenvalue weighted by Gasteiger charge is -2.20. The lowest BCUT2D eigenvalue weighted by Crippen LogP contribution is -2.34. The van der Waals surface area contributed by atoms with Crippen LogP contribution in [-0.4, -0.2) is 12.6 Å². The van der Waals surface area contributed by atoms with Crippen molar-refractivity contribution in [1.29, 1.82) is 0 Å². The van der Waals surface area contributed by atoms with Gasteiger partial charge in [-0.2, -0.15) is 0 Å². The third-order valence-electron chi connectivity index (χ3n) is 3.89. The number of hydrogen-bond acceptors (Lipinski definition) is 1. The molecule has 0 bridgehead atoms. The van der Waals surface area contributed by atoms with Crippen LogP contribution < -0.4 is 5.32 Å². The molecule has 0 heterocycles. The summed E-state index contributed by atoms with van der Waals surface area (Å²) in [6.07, 6.45) is 9.85. The monoisotopic (exact) mass is 211 g/mol. The van der Waals surface area contributed by atoms with Gasteiger partial charge in [-0.3, -0.25) is 0 Å². The Bertz CT molecular complexity index is 155. The fraction of sp³-hybridized carbons (Fsp3) is 1.00. The van der Waals surface area contributed by atoms with Gasteiger partial charge in [-0.15, -0.1) is 0 Å². The van der Waals surface area contributed by atoms with Crippen LogP contribution in [0.4, 0.5) is 0 Å². The molecule has 1 aliphatic rings. The molecule has 0 aliphatic heterocycles. The molecule has 0 saturated heterocycles. The summed E-state index contributed by atoms with van der Waals surface area (Å²) in [4.78, 5) is 0. The Kier molecular flexibility index (Phi) is 6.31. The Morgan fingerprint density at radius 2 is 2.07 bits per heavy atom. The van der Waals surface area contributed by atoms with Crippen molar-refractivity contribution in [1.82, 2.24) is 5.32 Å². The lowest BCUT2D eigenvalue weighted by atomic mass is 10.0. The summed E-state index contributed by atoms with van der Waals surface area (Å²) in [5.41, 5.74) is 0. The summed E-state index contributed by atoms with van der Waals surface area (Å²) in [5.74, 6) is 1.78. The van der Waals surface area contributed by atoms with Crippen LogP contribution in [0.5, 0.6) is 0 Å². The van der Waals surface area contributed by atoms with E-state index in [9.17, 15) is 0 Å². The summed E-state index contributed by atoms with van der Waals surface area (Å²) >= 11 is 0. The number of rotatable bonds is 7. The standard InChI is InChI=1S/C14H29N/c1-4-5-6-8-12(2)11-15-14-10-7-9-13(14)3/h12-15H,4-11H2,1-3H3/t12-,13?,14?/m0/s1. The number of hydrogen-bond donors (Lipinski definition) is 1. The van der Waals surface area contributed by atoms with Crippen LogP contribution in [0.25, 0.3) is 0 Å². The van der Waals surface area contributed by atoms with Crippen molar-refractivity contribution in [2.45, 2.75) is 71.8 Å². The second-order valence-electron chi connectivity index (χ2n) is 5.52. The smallest absolute Gasteiger partial charge is 0.00928 e. The van der Waals surface area contributed by atoms with E-state index >= 15 is 0 Å². The third-order valence-corrected chi connectivity index (χ3v) is 3.89. The van der Waals surface area contributed by atoms with Gasteiger partial charge in [0.15, 0.2) is 0 Å². The molecule has 1 aliphatic carbocycles. The van der Waals surface area contributed by atoms with Crippen LogP contribution in [0, 0.1) is 11.8 Å². The molecule has 0 aromatic rings. The van der Waals surface area contributed by atoms with Gasteiger partial charge in [-0.25, -0.2) is 0 Å². The molecular formula is C14H29N. The summed E-state index contributed by atoms with van der Waals surface area (Å²) in [6.45, 7) is 8.30. The average Bonchev–Trinajstić information content (AvgIpc) is 2.61. The SMILES string of the molecule is CCCCC[C@H](C)CNC1CCCC1C. The molecule has 0 amide bonds. The predicted molar refractivity (Wildman–Crippen MR) is 68.1 cm³/mol. The largest absolute Gasteiger partial charge is 0.313 e. The molecule has 2 unspecified atom stereocenters. The van der Waals surface area contributed by atoms with Crippen molar-refractivity contribution in [3.8, 4) is 0 Å². The van der Waals surface area contributed by atoms with Crippen molar-refractivity contribution >= 4 is 0 Å². The highest BCUT2D eigenvalue weighted by Gasteiger charge is 2.22. The van der Waals surface area contributed by atoms with Crippen molar-refractivity contribution in [3.05, 3.63) is 0 Å². The Morgan fingerprint density at radius 1 is 1.27 bits per heavy atom. The van der Waals surface area contributed by atoms with E-state index in [-0.39, 0.29) is 0 Å². The van der Waals surface area contributed by atoms with Crippen molar-refractivity contribution in [2.24, 2.45) is 11.8 Å². The zero-order chi connectivity index (χ0) is 11.1. The van der Waals surface area contributed by atoms with E-state index in [4.69, 9.17) is 0 Å². The fourth-order valence-electron chi connectivity index (χ4n) is 2.65. The van der Waals surface area contributed by atoms with Crippen LogP contribution in [0.2, 0.25) is 0 Å². The molecular weight excluding hydrogens is 182 g/mol. The Hall–Kier alpha value is -0.0400. The molecule has 0 aromatic heterocycles. The quantitative estimate of drug-likeness (QED) is 0.628. The van der Waals surface area contributed by atoms with Crippen LogP contribution in [0.1, 0.15) is 65.7 Å². The van der Waals surface area contributed by atoms with Crippen LogP contribution >= 0.6 is 0 Å². The molecule has 0 radical (unpaired) electrons. The van der Waals surface area contributed by atoms with E-state index in [1.54, 1.807) is 0 Å². The first kappa shape index (κ1) is 13.0. The first-order chi connectivity index (χ1) is 7.24. The first-order valence-electron chi connectivity index (χ1n) is 6.97. The highest BCUT2D eigenvalue weighted by Crippen LogP contribution is 2.25. The van der Waals surface area contributed by atoms with E-state index in [1.165, 1.54) is 51.5 Å². The number of nitrogens with one attached hydrogen (secondary N) is 1. The topological polar surface area (TPSA) is 12.0 Å². The molecule has 15 heavy (non-hydrogen) atoms. The normalized spacial score (nSPS) is 28.2. The van der Waals surface area contributed by atoms with E-state index < -0.39 is 0 Å². The molecule has 0 aromatic carbocycles. The van der Waals surface area contributed by atoms with E-state index in [0.29, 0.717) is 0 Å². The van der Waals surface area contributed by atoms with Gasteiger partial charge in [-0.05, 0) is 37.6 Å². The molecule has 90 valence electrons. The van der Waals surface area contributed by atoms with Gasteiger partial charge in [0.25, 0.3) is 0 Å². The Balaban J connectivity index is 2.03. The van der Waals surface area contributed by atoms with Gasteiger partial charge in [0.1, 0.15) is 0 Å². The second-order valence-corrected chi connectivity index (χ2v) is 5.52. The maximum absolute atomic E-state index is 3.76. The van der Waals surface area contributed by atoms with Gasteiger partial charge in [0.2, 0.25) is 0 Å². The van der Waals surface area contributed by atoms with Crippen molar-refractivity contribution in [3.63, 3.8) is 0 Å². The zero-order valence-corrected chi connectivity index (χ0v) is 10.9. The van der Waals surface area contributed by atoms with Crippen molar-refractivity contribution < 1.29 is 0 Å². The van der Waals surface area contributed by atoms with Crippen molar-refractivity contribution in [2.75, 3.05) is 6.54 Å². The maximum Gasteiger partial charge on any atom is 0.00928 e. The second kappa shape index (κ2) is 7.27. The van der Waals surface area contributed by atoms with E-state index in [2.05, 4.69) is 26.1 Å². The van der Waals surface area contributed by atoms with Gasteiger partial charge < -0.3 is 5.32 Å². The van der Waals surface area contributed by atoms with Crippen LogP contribution in [-0.2, 0) is 0 Å². The van der Waals surface area contributed by atoms with Crippen LogP contribution in [0.15, 0.2) is 0 Å². The Labute approximate surface area is 96.0 Å². The third kappa shape index (κ3) is 5.01. The lowest BCUT2D eigenvalue weighted by molar-refractivity contribution is 0.375. The van der Waals surface area contributed by atoms with Gasteiger partial charge in [-0.1, -0.05) is 46.5 Å². The van der Waals surface area contributed by atoms with E-state index in [1.807, 2.05) is 0 Å². The van der Waals surface area contributed by atoms with E-state index in [0.717, 1.165) is 17.9 Å². The molecule has 1 N–H and O–H groups in total. The van der Waals surface area contributed by atoms with Crippen LogP contribution in [0.3, 0.4) is 0 Å². The minimum absolute atomic E-state index is 0.818. The zero-order valence-electron chi connectivity index (χ0n) is 10.9. The minimum Gasteiger partial charge on any atom is -0.313 e. The maximum atomic E-state index is 3.76. The van der Waals surface area contributed by atoms with Gasteiger partial charge in [0, 0.05) is 6.04 Å². The molecule has 3 atom stereocenters. The Morgan fingerprint density at radius 3 is 2.67 bits per heavy atom. The van der Waals surface area contributed by atoms with Gasteiger partial charge >= 0.3 is 0 Å². The summed E-state index contributed by atoms with van der Waals surface area (Å²) in [7, 11) is 0. The van der Waals surface area contributed by atoms with Gasteiger partial charge in [0.05, 0.1) is 0 Å². The molecule has 0 spiro atoms. The fourth-order valence-corrected chi connectivity index (χ4v) is 2.65. The minimum atomic E-state index is 0.818. The molecule has 1 nitrogen and oxygen atoms in total. The highest BCUT2D eigenvalue weighted by molar-refractivity contribution is 4.80. The molecule has 1 saturated carbocycles. The molecule has 1 rings (SSSR count). The molecule has 1 fully saturated rings. The summed E-state index contributed by atoms with van der Waals surface area (Å²) in [5, 5.41) is 3.76. The first-order valence-corrected chi connectivity index (χ1v) is 6.97. The summed E-state index contributed by atoms with van der Waals surface area (Å²) < 4.78 is 0. The summed E-state index contributed by atoms with van der Waals surface area (Å²) in [6, 6.07) is 0.818. The predicted octanol–water partition coefficient (Wildman–Crippen LogP) is 3.98. The molecule has 1 heteroatoms.